The third-order valence-electron chi connectivity index (χ3n) is 2.31. The molecule has 0 bridgehead atoms. The molecule has 0 aliphatic rings. The molecule has 0 amide bonds. The van der Waals surface area contributed by atoms with Crippen molar-refractivity contribution < 1.29 is 14.6 Å². The molecule has 0 aliphatic carbocycles. The molecule has 5 heteroatoms. The second-order valence-corrected chi connectivity index (χ2v) is 3.48. The van der Waals surface area contributed by atoms with E-state index in [1.807, 2.05) is 0 Å². The Kier molecular flexibility index (Phi) is 3.62. The van der Waals surface area contributed by atoms with Crippen LogP contribution in [0.1, 0.15) is 17.2 Å². The number of hydrogen-bond donors (Lipinski definition) is 4. The zero-order chi connectivity index (χ0) is 11.6. The van der Waals surface area contributed by atoms with Crippen molar-refractivity contribution in [2.45, 2.75) is 19.1 Å². The molecule has 84 valence electrons. The van der Waals surface area contributed by atoms with E-state index in [1.165, 1.54) is 6.07 Å². The maximum absolute atomic E-state index is 13.4. The summed E-state index contributed by atoms with van der Waals surface area (Å²) in [7, 11) is 0. The molecule has 2 unspecified atom stereocenters. The number of nitrogen functional groups attached to an aromatic ring is 1. The third-order valence-corrected chi connectivity index (χ3v) is 2.31. The van der Waals surface area contributed by atoms with Crippen LogP contribution in [0, 0.1) is 12.7 Å². The van der Waals surface area contributed by atoms with Gasteiger partial charge in [0.2, 0.25) is 0 Å². The number of aliphatic hydroxyl groups is 2. The van der Waals surface area contributed by atoms with E-state index in [4.69, 9.17) is 11.5 Å². The molecule has 1 rings (SSSR count). The van der Waals surface area contributed by atoms with Crippen LogP contribution in [-0.2, 0) is 0 Å². The first-order chi connectivity index (χ1) is 6.97. The quantitative estimate of drug-likeness (QED) is 0.536. The highest BCUT2D eigenvalue weighted by Crippen LogP contribution is 2.24. The van der Waals surface area contributed by atoms with Crippen molar-refractivity contribution >= 4 is 5.69 Å². The summed E-state index contributed by atoms with van der Waals surface area (Å²) >= 11 is 0. The Labute approximate surface area is 87.3 Å². The number of rotatable bonds is 3. The van der Waals surface area contributed by atoms with E-state index < -0.39 is 18.0 Å². The minimum atomic E-state index is -1.32. The number of halogens is 1. The topological polar surface area (TPSA) is 92.5 Å². The molecule has 0 heterocycles. The Morgan fingerprint density at radius 1 is 1.40 bits per heavy atom. The second-order valence-electron chi connectivity index (χ2n) is 3.48. The molecule has 2 atom stereocenters. The van der Waals surface area contributed by atoms with E-state index in [9.17, 15) is 14.6 Å². The number of aryl methyl sites for hydroxylation is 1. The maximum Gasteiger partial charge on any atom is 0.131 e. The summed E-state index contributed by atoms with van der Waals surface area (Å²) in [6.45, 7) is 1.56. The zero-order valence-electron chi connectivity index (χ0n) is 8.44. The summed E-state index contributed by atoms with van der Waals surface area (Å²) in [5.41, 5.74) is 11.6. The average molecular weight is 214 g/mol. The largest absolute Gasteiger partial charge is 0.398 e. The van der Waals surface area contributed by atoms with Crippen LogP contribution in [0.5, 0.6) is 0 Å². The van der Waals surface area contributed by atoms with Gasteiger partial charge in [0, 0.05) is 17.8 Å². The zero-order valence-corrected chi connectivity index (χ0v) is 8.44. The third kappa shape index (κ3) is 2.44. The molecule has 0 radical (unpaired) electrons. The molecule has 1 aromatic carbocycles. The van der Waals surface area contributed by atoms with Crippen molar-refractivity contribution in [3.05, 3.63) is 29.1 Å². The molecule has 0 saturated carbocycles. The second kappa shape index (κ2) is 4.57. The van der Waals surface area contributed by atoms with Gasteiger partial charge in [0.25, 0.3) is 0 Å². The van der Waals surface area contributed by atoms with E-state index in [2.05, 4.69) is 0 Å². The van der Waals surface area contributed by atoms with Gasteiger partial charge in [-0.15, -0.1) is 0 Å². The smallest absolute Gasteiger partial charge is 0.131 e. The Morgan fingerprint density at radius 3 is 2.53 bits per heavy atom. The minimum Gasteiger partial charge on any atom is -0.398 e. The van der Waals surface area contributed by atoms with Crippen molar-refractivity contribution in [1.29, 1.82) is 0 Å². The Bertz CT molecular complexity index is 358. The van der Waals surface area contributed by atoms with Crippen LogP contribution in [0.3, 0.4) is 0 Å². The fourth-order valence-corrected chi connectivity index (χ4v) is 1.28. The Balaban J connectivity index is 3.09. The van der Waals surface area contributed by atoms with E-state index in [0.29, 0.717) is 11.3 Å². The minimum absolute atomic E-state index is 0.0136. The van der Waals surface area contributed by atoms with E-state index >= 15 is 0 Å². The lowest BCUT2D eigenvalue weighted by Gasteiger charge is -2.18. The van der Waals surface area contributed by atoms with Gasteiger partial charge in [-0.05, 0) is 24.6 Å². The van der Waals surface area contributed by atoms with Gasteiger partial charge in [-0.1, -0.05) is 0 Å². The summed E-state index contributed by atoms with van der Waals surface area (Å²) in [4.78, 5) is 0. The van der Waals surface area contributed by atoms with Gasteiger partial charge in [0.1, 0.15) is 11.9 Å². The molecule has 0 spiro atoms. The molecule has 15 heavy (non-hydrogen) atoms. The number of aliphatic hydroxyl groups excluding tert-OH is 2. The van der Waals surface area contributed by atoms with Crippen molar-refractivity contribution in [3.8, 4) is 0 Å². The van der Waals surface area contributed by atoms with Crippen LogP contribution in [0.4, 0.5) is 10.1 Å². The summed E-state index contributed by atoms with van der Waals surface area (Å²) < 4.78 is 13.4. The molecule has 0 fully saturated rings. The summed E-state index contributed by atoms with van der Waals surface area (Å²) in [6, 6.07) is 2.53. The fourth-order valence-electron chi connectivity index (χ4n) is 1.28. The van der Waals surface area contributed by atoms with Gasteiger partial charge in [-0.2, -0.15) is 0 Å². The Morgan fingerprint density at radius 2 is 2.00 bits per heavy atom. The van der Waals surface area contributed by atoms with Gasteiger partial charge in [-0.25, -0.2) is 4.39 Å². The van der Waals surface area contributed by atoms with Gasteiger partial charge in [0.05, 0.1) is 6.10 Å². The van der Waals surface area contributed by atoms with Crippen molar-refractivity contribution in [2.24, 2.45) is 5.73 Å². The monoisotopic (exact) mass is 214 g/mol. The first kappa shape index (κ1) is 11.9. The summed E-state index contributed by atoms with van der Waals surface area (Å²) in [6.07, 6.45) is -2.50. The number of hydrogen-bond acceptors (Lipinski definition) is 4. The van der Waals surface area contributed by atoms with Gasteiger partial charge in [-0.3, -0.25) is 0 Å². The molecule has 4 nitrogen and oxygen atoms in total. The van der Waals surface area contributed by atoms with Crippen LogP contribution >= 0.6 is 0 Å². The number of anilines is 1. The average Bonchev–Trinajstić information content (AvgIpc) is 2.21. The number of benzene rings is 1. The van der Waals surface area contributed by atoms with Gasteiger partial charge >= 0.3 is 0 Å². The molecular formula is C10H15FN2O2. The predicted octanol–water partition coefficient (Wildman–Crippen LogP) is 0.0693. The lowest BCUT2D eigenvalue weighted by Crippen LogP contribution is -2.27. The van der Waals surface area contributed by atoms with Gasteiger partial charge < -0.3 is 21.7 Å². The fraction of sp³-hybridized carbons (Fsp3) is 0.400. The molecular weight excluding hydrogens is 199 g/mol. The normalized spacial score (nSPS) is 15.0. The van der Waals surface area contributed by atoms with E-state index in [-0.39, 0.29) is 12.1 Å². The van der Waals surface area contributed by atoms with Crippen molar-refractivity contribution in [1.82, 2.24) is 0 Å². The van der Waals surface area contributed by atoms with Crippen LogP contribution in [0.2, 0.25) is 0 Å². The molecule has 0 saturated heterocycles. The van der Waals surface area contributed by atoms with E-state index in [0.717, 1.165) is 6.07 Å². The lowest BCUT2D eigenvalue weighted by atomic mass is 10.0. The maximum atomic E-state index is 13.4. The number of nitrogens with two attached hydrogens (primary N) is 2. The van der Waals surface area contributed by atoms with Crippen molar-refractivity contribution in [3.63, 3.8) is 0 Å². The SMILES string of the molecule is Cc1cc(C(O)C(O)CN)c(F)cc1N. The first-order valence-electron chi connectivity index (χ1n) is 4.59. The highest BCUT2D eigenvalue weighted by atomic mass is 19.1. The highest BCUT2D eigenvalue weighted by Gasteiger charge is 2.21. The summed E-state index contributed by atoms with van der Waals surface area (Å²) in [5, 5.41) is 18.9. The van der Waals surface area contributed by atoms with Crippen molar-refractivity contribution in [2.75, 3.05) is 12.3 Å². The molecule has 0 aliphatic heterocycles. The predicted molar refractivity (Wildman–Crippen MR) is 55.6 cm³/mol. The van der Waals surface area contributed by atoms with Gasteiger partial charge in [0.15, 0.2) is 0 Å². The van der Waals surface area contributed by atoms with Crippen LogP contribution < -0.4 is 11.5 Å². The van der Waals surface area contributed by atoms with Crippen LogP contribution in [0.15, 0.2) is 12.1 Å². The molecule has 0 aromatic heterocycles. The highest BCUT2D eigenvalue weighted by molar-refractivity contribution is 5.48. The van der Waals surface area contributed by atoms with Crippen LogP contribution in [0.25, 0.3) is 0 Å². The molecule has 1 aromatic rings. The van der Waals surface area contributed by atoms with E-state index in [1.54, 1.807) is 6.92 Å². The first-order valence-corrected chi connectivity index (χ1v) is 4.59. The standard InChI is InChI=1S/C10H15FN2O2/c1-5-2-6(7(11)3-8(5)13)10(15)9(14)4-12/h2-3,9-10,14-15H,4,12-13H2,1H3. The van der Waals surface area contributed by atoms with Crippen LogP contribution in [-0.4, -0.2) is 22.9 Å². The lowest BCUT2D eigenvalue weighted by molar-refractivity contribution is 0.0222. The summed E-state index contributed by atoms with van der Waals surface area (Å²) in [5.74, 6) is -0.641. The molecule has 6 N–H and O–H groups in total. The Hall–Kier alpha value is -1.17.